The molecular weight excluding hydrogens is 282 g/mol. The molecule has 0 spiro atoms. The Labute approximate surface area is 115 Å². The van der Waals surface area contributed by atoms with Gasteiger partial charge < -0.3 is 9.92 Å². The molecule has 0 aliphatic carbocycles. The lowest BCUT2D eigenvalue weighted by molar-refractivity contribution is 0.387. The molecule has 0 fully saturated rings. The van der Waals surface area contributed by atoms with Crippen molar-refractivity contribution in [1.29, 1.82) is 0 Å². The maximum Gasteiger partial charge on any atom is 0.446 e. The largest absolute Gasteiger partial charge is 0.446 e. The first-order valence-corrected chi connectivity index (χ1v) is 6.83. The minimum Gasteiger partial charge on any atom is -0.399 e. The second kappa shape index (κ2) is 5.68. The van der Waals surface area contributed by atoms with Crippen LogP contribution in [0.4, 0.5) is 17.1 Å². The molecular formula is C12H11N3O4S. The van der Waals surface area contributed by atoms with Crippen LogP contribution in [0.25, 0.3) is 0 Å². The number of hydrogen-bond acceptors (Lipinski definition) is 6. The number of nitrogen functional groups attached to an aromatic ring is 1. The molecule has 0 aromatic heterocycles. The first-order chi connectivity index (χ1) is 9.42. The Balaban J connectivity index is 2.09. The molecule has 0 atom stereocenters. The van der Waals surface area contributed by atoms with Gasteiger partial charge >= 0.3 is 10.4 Å². The smallest absolute Gasteiger partial charge is 0.399 e. The minimum atomic E-state index is -4.52. The fraction of sp³-hybridized carbons (Fsp3) is 0. The van der Waals surface area contributed by atoms with E-state index in [4.69, 9.17) is 10.3 Å². The molecule has 0 heterocycles. The zero-order valence-corrected chi connectivity index (χ0v) is 11.0. The van der Waals surface area contributed by atoms with Crippen molar-refractivity contribution in [1.82, 2.24) is 0 Å². The zero-order valence-electron chi connectivity index (χ0n) is 10.2. The monoisotopic (exact) mass is 293 g/mol. The molecule has 0 radical (unpaired) electrons. The van der Waals surface area contributed by atoms with Gasteiger partial charge in [0, 0.05) is 5.69 Å². The van der Waals surface area contributed by atoms with Gasteiger partial charge in [0.2, 0.25) is 0 Å². The van der Waals surface area contributed by atoms with Gasteiger partial charge in [-0.05, 0) is 48.5 Å². The van der Waals surface area contributed by atoms with Crippen LogP contribution in [0.15, 0.2) is 58.8 Å². The highest BCUT2D eigenvalue weighted by Gasteiger charge is 2.05. The summed E-state index contributed by atoms with van der Waals surface area (Å²) >= 11 is 0. The maximum absolute atomic E-state index is 10.5. The Morgan fingerprint density at radius 3 is 1.80 bits per heavy atom. The predicted octanol–water partition coefficient (Wildman–Crippen LogP) is 2.87. The Kier molecular flexibility index (Phi) is 3.97. The van der Waals surface area contributed by atoms with Gasteiger partial charge in [-0.3, -0.25) is 4.55 Å². The summed E-state index contributed by atoms with van der Waals surface area (Å²) < 4.78 is 33.8. The van der Waals surface area contributed by atoms with E-state index in [1.54, 1.807) is 24.3 Å². The van der Waals surface area contributed by atoms with Crippen LogP contribution in [-0.2, 0) is 10.4 Å². The molecule has 0 amide bonds. The molecule has 0 aliphatic heterocycles. The number of hydrogen-bond donors (Lipinski definition) is 2. The number of azo groups is 1. The lowest BCUT2D eigenvalue weighted by atomic mass is 10.3. The van der Waals surface area contributed by atoms with Gasteiger partial charge in [-0.1, -0.05) is 0 Å². The number of rotatable bonds is 4. The third-order valence-electron chi connectivity index (χ3n) is 2.21. The highest BCUT2D eigenvalue weighted by atomic mass is 32.3. The number of nitrogens with zero attached hydrogens (tertiary/aromatic N) is 2. The van der Waals surface area contributed by atoms with Gasteiger partial charge in [-0.15, -0.1) is 0 Å². The molecule has 2 aromatic carbocycles. The van der Waals surface area contributed by atoms with Crippen LogP contribution >= 0.6 is 0 Å². The van der Waals surface area contributed by atoms with E-state index in [1.807, 2.05) is 0 Å². The van der Waals surface area contributed by atoms with Crippen LogP contribution in [0.1, 0.15) is 0 Å². The number of anilines is 1. The Hall–Kier alpha value is -2.45. The van der Waals surface area contributed by atoms with E-state index in [0.29, 0.717) is 17.1 Å². The zero-order chi connectivity index (χ0) is 14.6. The SMILES string of the molecule is Nc1ccc(N=Nc2ccc(OS(=O)(=O)O)cc2)cc1. The Morgan fingerprint density at radius 1 is 0.900 bits per heavy atom. The quantitative estimate of drug-likeness (QED) is 0.511. The van der Waals surface area contributed by atoms with Crippen LogP contribution in [0.5, 0.6) is 5.75 Å². The summed E-state index contributed by atoms with van der Waals surface area (Å²) in [5.41, 5.74) is 7.32. The number of benzene rings is 2. The summed E-state index contributed by atoms with van der Waals surface area (Å²) in [4.78, 5) is 0. The van der Waals surface area contributed by atoms with Crippen LogP contribution in [0.2, 0.25) is 0 Å². The fourth-order valence-corrected chi connectivity index (χ4v) is 1.70. The van der Waals surface area contributed by atoms with Crippen LogP contribution in [-0.4, -0.2) is 13.0 Å². The van der Waals surface area contributed by atoms with Crippen molar-refractivity contribution in [3.05, 3.63) is 48.5 Å². The van der Waals surface area contributed by atoms with Crippen molar-refractivity contribution < 1.29 is 17.2 Å². The standard InChI is InChI=1S/C12H11N3O4S/c13-9-1-3-10(4-2-9)14-15-11-5-7-12(8-6-11)19-20(16,17)18/h1-8H,13H2,(H,16,17,18). The summed E-state index contributed by atoms with van der Waals surface area (Å²) in [5.74, 6) is -0.0149. The molecule has 2 aromatic rings. The molecule has 104 valence electrons. The Morgan fingerprint density at radius 2 is 1.35 bits per heavy atom. The molecule has 0 saturated heterocycles. The molecule has 7 nitrogen and oxygen atoms in total. The highest BCUT2D eigenvalue weighted by molar-refractivity contribution is 7.81. The third-order valence-corrected chi connectivity index (χ3v) is 2.62. The van der Waals surface area contributed by atoms with Crippen molar-refractivity contribution in [2.45, 2.75) is 0 Å². The van der Waals surface area contributed by atoms with E-state index in [2.05, 4.69) is 14.4 Å². The average Bonchev–Trinajstić information content (AvgIpc) is 2.38. The van der Waals surface area contributed by atoms with Crippen molar-refractivity contribution in [3.8, 4) is 5.75 Å². The van der Waals surface area contributed by atoms with Gasteiger partial charge in [0.05, 0.1) is 11.4 Å². The summed E-state index contributed by atoms with van der Waals surface area (Å²) in [6, 6.07) is 12.6. The molecule has 3 N–H and O–H groups in total. The molecule has 8 heteroatoms. The highest BCUT2D eigenvalue weighted by Crippen LogP contribution is 2.22. The lowest BCUT2D eigenvalue weighted by Crippen LogP contribution is -2.06. The van der Waals surface area contributed by atoms with Crippen LogP contribution in [0, 0.1) is 0 Å². The molecule has 0 bridgehead atoms. The second-order valence-corrected chi connectivity index (χ2v) is 4.82. The van der Waals surface area contributed by atoms with Crippen molar-refractivity contribution in [2.24, 2.45) is 10.2 Å². The van der Waals surface area contributed by atoms with Gasteiger partial charge in [-0.2, -0.15) is 18.6 Å². The van der Waals surface area contributed by atoms with Gasteiger partial charge in [-0.25, -0.2) is 0 Å². The average molecular weight is 293 g/mol. The molecule has 0 aliphatic rings. The van der Waals surface area contributed by atoms with E-state index in [0.717, 1.165) is 0 Å². The van der Waals surface area contributed by atoms with Crippen molar-refractivity contribution in [2.75, 3.05) is 5.73 Å². The minimum absolute atomic E-state index is 0.0149. The summed E-state index contributed by atoms with van der Waals surface area (Å²) in [7, 11) is -4.52. The van der Waals surface area contributed by atoms with E-state index < -0.39 is 10.4 Å². The number of nitrogens with two attached hydrogens (primary N) is 1. The maximum atomic E-state index is 10.5. The van der Waals surface area contributed by atoms with Gasteiger partial charge in [0.25, 0.3) is 0 Å². The molecule has 2 rings (SSSR count). The summed E-state index contributed by atoms with van der Waals surface area (Å²) in [6.45, 7) is 0. The summed E-state index contributed by atoms with van der Waals surface area (Å²) in [6.07, 6.45) is 0. The predicted molar refractivity (Wildman–Crippen MR) is 73.6 cm³/mol. The van der Waals surface area contributed by atoms with Gasteiger partial charge in [0.1, 0.15) is 5.75 Å². The van der Waals surface area contributed by atoms with Crippen molar-refractivity contribution in [3.63, 3.8) is 0 Å². The Bertz CT molecular complexity index is 709. The van der Waals surface area contributed by atoms with Crippen LogP contribution in [0.3, 0.4) is 0 Å². The topological polar surface area (TPSA) is 114 Å². The fourth-order valence-electron chi connectivity index (χ4n) is 1.35. The van der Waals surface area contributed by atoms with E-state index in [-0.39, 0.29) is 5.75 Å². The first kappa shape index (κ1) is 14.0. The molecule has 0 unspecified atom stereocenters. The molecule has 20 heavy (non-hydrogen) atoms. The first-order valence-electron chi connectivity index (χ1n) is 5.47. The van der Waals surface area contributed by atoms with E-state index in [1.165, 1.54) is 24.3 Å². The summed E-state index contributed by atoms with van der Waals surface area (Å²) in [5, 5.41) is 7.94. The molecule has 0 saturated carbocycles. The third kappa shape index (κ3) is 4.34. The van der Waals surface area contributed by atoms with E-state index >= 15 is 0 Å². The van der Waals surface area contributed by atoms with E-state index in [9.17, 15) is 8.42 Å². The lowest BCUT2D eigenvalue weighted by Gasteiger charge is -2.00. The second-order valence-electron chi connectivity index (χ2n) is 3.80. The van der Waals surface area contributed by atoms with Gasteiger partial charge in [0.15, 0.2) is 0 Å². The van der Waals surface area contributed by atoms with Crippen molar-refractivity contribution >= 4 is 27.5 Å². The van der Waals surface area contributed by atoms with Crippen LogP contribution < -0.4 is 9.92 Å². The normalized spacial score (nSPS) is 11.7.